The zero-order valence-corrected chi connectivity index (χ0v) is 10.2. The van der Waals surface area contributed by atoms with Crippen molar-refractivity contribution in [1.82, 2.24) is 5.32 Å². The molecule has 0 heterocycles. The third-order valence-electron chi connectivity index (χ3n) is 3.79. The molecule has 16 heavy (non-hydrogen) atoms. The second kappa shape index (κ2) is 6.21. The highest BCUT2D eigenvalue weighted by atomic mass is 16.4. The summed E-state index contributed by atoms with van der Waals surface area (Å²) in [5.74, 6) is 0.0165. The molecule has 4 nitrogen and oxygen atoms in total. The van der Waals surface area contributed by atoms with E-state index < -0.39 is 11.5 Å². The Labute approximate surface area is 97.6 Å². The summed E-state index contributed by atoms with van der Waals surface area (Å²) in [7, 11) is 0. The van der Waals surface area contributed by atoms with E-state index in [0.717, 1.165) is 32.1 Å². The molecule has 1 aliphatic rings. The quantitative estimate of drug-likeness (QED) is 0.600. The van der Waals surface area contributed by atoms with Gasteiger partial charge in [0.15, 0.2) is 0 Å². The normalized spacial score (nSPS) is 30.2. The summed E-state index contributed by atoms with van der Waals surface area (Å²) in [4.78, 5) is 11.4. The van der Waals surface area contributed by atoms with Gasteiger partial charge in [-0.1, -0.05) is 13.3 Å². The van der Waals surface area contributed by atoms with Gasteiger partial charge < -0.3 is 16.2 Å². The van der Waals surface area contributed by atoms with Crippen LogP contribution in [0.2, 0.25) is 0 Å². The number of carbonyl (C=O) groups is 1. The lowest BCUT2D eigenvalue weighted by molar-refractivity contribution is -0.146. The fraction of sp³-hybridized carbons (Fsp3) is 0.917. The Morgan fingerprint density at radius 1 is 1.50 bits per heavy atom. The average Bonchev–Trinajstić information content (AvgIpc) is 2.30. The topological polar surface area (TPSA) is 75.3 Å². The second-order valence-corrected chi connectivity index (χ2v) is 4.81. The molecule has 0 bridgehead atoms. The third kappa shape index (κ3) is 3.19. The zero-order chi connectivity index (χ0) is 12.0. The minimum absolute atomic E-state index is 0.611. The number of aliphatic carboxylic acids is 1. The molecule has 1 aliphatic carbocycles. The van der Waals surface area contributed by atoms with Crippen LogP contribution in [-0.2, 0) is 4.79 Å². The molecule has 4 N–H and O–H groups in total. The van der Waals surface area contributed by atoms with Gasteiger partial charge in [0.1, 0.15) is 5.54 Å². The van der Waals surface area contributed by atoms with Gasteiger partial charge in [-0.15, -0.1) is 0 Å². The number of rotatable bonds is 6. The molecule has 0 amide bonds. The number of carboxylic acid groups (broad SMARTS) is 1. The first kappa shape index (κ1) is 13.5. The molecule has 1 fully saturated rings. The Morgan fingerprint density at radius 2 is 2.12 bits per heavy atom. The van der Waals surface area contributed by atoms with Crippen molar-refractivity contribution >= 4 is 5.97 Å². The Hall–Kier alpha value is -0.610. The van der Waals surface area contributed by atoms with Crippen molar-refractivity contribution in [2.45, 2.75) is 51.0 Å². The first-order valence-corrected chi connectivity index (χ1v) is 6.33. The highest BCUT2D eigenvalue weighted by Gasteiger charge is 2.40. The van der Waals surface area contributed by atoms with Gasteiger partial charge in [-0.3, -0.25) is 4.79 Å². The van der Waals surface area contributed by atoms with Crippen molar-refractivity contribution in [3.63, 3.8) is 0 Å². The average molecular weight is 228 g/mol. The number of hydrogen-bond acceptors (Lipinski definition) is 3. The smallest absolute Gasteiger partial charge is 0.323 e. The van der Waals surface area contributed by atoms with Gasteiger partial charge in [0.2, 0.25) is 0 Å². The van der Waals surface area contributed by atoms with Gasteiger partial charge in [-0.25, -0.2) is 0 Å². The SMILES string of the molecule is CCC1CCC(NCCCN)(C(=O)O)CC1. The zero-order valence-electron chi connectivity index (χ0n) is 10.2. The predicted molar refractivity (Wildman–Crippen MR) is 64.3 cm³/mol. The molecular weight excluding hydrogens is 204 g/mol. The summed E-state index contributed by atoms with van der Waals surface area (Å²) in [6, 6.07) is 0. The van der Waals surface area contributed by atoms with E-state index in [2.05, 4.69) is 12.2 Å². The van der Waals surface area contributed by atoms with Gasteiger partial charge in [0, 0.05) is 0 Å². The van der Waals surface area contributed by atoms with Crippen LogP contribution in [0.15, 0.2) is 0 Å². The van der Waals surface area contributed by atoms with E-state index in [1.54, 1.807) is 0 Å². The molecule has 0 atom stereocenters. The van der Waals surface area contributed by atoms with Crippen LogP contribution in [0.25, 0.3) is 0 Å². The molecule has 0 radical (unpaired) electrons. The van der Waals surface area contributed by atoms with Crippen LogP contribution in [0.3, 0.4) is 0 Å². The Kier molecular flexibility index (Phi) is 5.22. The van der Waals surface area contributed by atoms with E-state index in [0.29, 0.717) is 19.0 Å². The maximum atomic E-state index is 11.4. The lowest BCUT2D eigenvalue weighted by Crippen LogP contribution is -2.54. The molecule has 0 spiro atoms. The molecule has 94 valence electrons. The second-order valence-electron chi connectivity index (χ2n) is 4.81. The molecule has 1 saturated carbocycles. The summed E-state index contributed by atoms with van der Waals surface area (Å²) < 4.78 is 0. The minimum atomic E-state index is -0.695. The van der Waals surface area contributed by atoms with E-state index >= 15 is 0 Å². The van der Waals surface area contributed by atoms with E-state index in [1.165, 1.54) is 6.42 Å². The van der Waals surface area contributed by atoms with Gasteiger partial charge >= 0.3 is 5.97 Å². The number of nitrogens with one attached hydrogen (secondary N) is 1. The predicted octanol–water partition coefficient (Wildman–Crippen LogP) is 1.35. The van der Waals surface area contributed by atoms with Gasteiger partial charge in [0.05, 0.1) is 0 Å². The molecule has 0 aliphatic heterocycles. The van der Waals surface area contributed by atoms with E-state index in [4.69, 9.17) is 5.73 Å². The summed E-state index contributed by atoms with van der Waals surface area (Å²) in [5.41, 5.74) is 4.74. The van der Waals surface area contributed by atoms with Crippen molar-refractivity contribution < 1.29 is 9.90 Å². The van der Waals surface area contributed by atoms with E-state index in [-0.39, 0.29) is 0 Å². The lowest BCUT2D eigenvalue weighted by atomic mass is 9.75. The molecule has 0 saturated heterocycles. The molecule has 1 rings (SSSR count). The van der Waals surface area contributed by atoms with Crippen LogP contribution in [0.1, 0.15) is 45.4 Å². The van der Waals surface area contributed by atoms with E-state index in [1.807, 2.05) is 0 Å². The monoisotopic (exact) mass is 228 g/mol. The van der Waals surface area contributed by atoms with Crippen LogP contribution in [0, 0.1) is 5.92 Å². The van der Waals surface area contributed by atoms with Crippen LogP contribution in [0.4, 0.5) is 0 Å². The Morgan fingerprint density at radius 3 is 2.56 bits per heavy atom. The first-order chi connectivity index (χ1) is 7.64. The van der Waals surface area contributed by atoms with Gasteiger partial charge in [-0.2, -0.15) is 0 Å². The largest absolute Gasteiger partial charge is 0.480 e. The Bertz CT molecular complexity index is 218. The maximum Gasteiger partial charge on any atom is 0.323 e. The molecular formula is C12H24N2O2. The van der Waals surface area contributed by atoms with Crippen LogP contribution < -0.4 is 11.1 Å². The van der Waals surface area contributed by atoms with Crippen molar-refractivity contribution in [2.24, 2.45) is 11.7 Å². The lowest BCUT2D eigenvalue weighted by Gasteiger charge is -2.37. The Balaban J connectivity index is 2.51. The highest BCUT2D eigenvalue weighted by molar-refractivity contribution is 5.78. The molecule has 0 aromatic heterocycles. The number of carboxylic acids is 1. The van der Waals surface area contributed by atoms with Crippen molar-refractivity contribution in [3.05, 3.63) is 0 Å². The fourth-order valence-electron chi connectivity index (χ4n) is 2.47. The first-order valence-electron chi connectivity index (χ1n) is 6.33. The van der Waals surface area contributed by atoms with Crippen LogP contribution in [-0.4, -0.2) is 29.7 Å². The molecule has 0 unspecified atom stereocenters. The van der Waals surface area contributed by atoms with Crippen molar-refractivity contribution in [1.29, 1.82) is 0 Å². The number of hydrogen-bond donors (Lipinski definition) is 3. The standard InChI is InChI=1S/C12H24N2O2/c1-2-10-4-6-12(7-5-10,11(15)16)14-9-3-8-13/h10,14H,2-9,13H2,1H3,(H,15,16). The van der Waals surface area contributed by atoms with E-state index in [9.17, 15) is 9.90 Å². The fourth-order valence-corrected chi connectivity index (χ4v) is 2.47. The minimum Gasteiger partial charge on any atom is -0.480 e. The third-order valence-corrected chi connectivity index (χ3v) is 3.79. The van der Waals surface area contributed by atoms with Crippen LogP contribution in [0.5, 0.6) is 0 Å². The van der Waals surface area contributed by atoms with Crippen molar-refractivity contribution in [3.8, 4) is 0 Å². The highest BCUT2D eigenvalue weighted by Crippen LogP contribution is 2.33. The van der Waals surface area contributed by atoms with Gasteiger partial charge in [0.25, 0.3) is 0 Å². The van der Waals surface area contributed by atoms with Crippen molar-refractivity contribution in [2.75, 3.05) is 13.1 Å². The number of nitrogens with two attached hydrogens (primary N) is 1. The maximum absolute atomic E-state index is 11.4. The molecule has 4 heteroatoms. The summed E-state index contributed by atoms with van der Waals surface area (Å²) >= 11 is 0. The van der Waals surface area contributed by atoms with Gasteiger partial charge in [-0.05, 0) is 51.1 Å². The molecule has 0 aromatic rings. The summed E-state index contributed by atoms with van der Waals surface area (Å²) in [5, 5.41) is 12.6. The van der Waals surface area contributed by atoms with Crippen LogP contribution >= 0.6 is 0 Å². The summed E-state index contributed by atoms with van der Waals surface area (Å²) in [6.45, 7) is 3.50. The summed E-state index contributed by atoms with van der Waals surface area (Å²) in [6.07, 6.45) is 5.57. The molecule has 0 aromatic carbocycles.